The van der Waals surface area contributed by atoms with E-state index in [2.05, 4.69) is 20.0 Å². The molecule has 3 heterocycles. The topological polar surface area (TPSA) is 179 Å². The van der Waals surface area contributed by atoms with Gasteiger partial charge in [0.2, 0.25) is 10.0 Å². The first-order valence-electron chi connectivity index (χ1n) is 14.6. The number of carbonyl (C=O) groups is 1. The Hall–Kier alpha value is -4.96. The minimum atomic E-state index is -4.43. The quantitative estimate of drug-likeness (QED) is 0.202. The minimum Gasteiger partial charge on any atom is -0.480 e. The number of fused-ring (bicyclic) bond motifs is 2. The summed E-state index contributed by atoms with van der Waals surface area (Å²) in [5.74, 6) is 0.279. The largest absolute Gasteiger partial charge is 0.480 e. The molecular formula is C30H30FN7O7S. The third kappa shape index (κ3) is 6.25. The summed E-state index contributed by atoms with van der Waals surface area (Å²) >= 11 is 0. The van der Waals surface area contributed by atoms with Crippen molar-refractivity contribution >= 4 is 44.3 Å². The van der Waals surface area contributed by atoms with Crippen LogP contribution in [0.3, 0.4) is 0 Å². The lowest BCUT2D eigenvalue weighted by Gasteiger charge is -2.38. The third-order valence-electron chi connectivity index (χ3n) is 8.53. The molecule has 0 bridgehead atoms. The molecule has 1 saturated carbocycles. The van der Waals surface area contributed by atoms with Gasteiger partial charge < -0.3 is 19.5 Å². The molecule has 0 radical (unpaired) electrons. The summed E-state index contributed by atoms with van der Waals surface area (Å²) in [4.78, 5) is 45.8. The van der Waals surface area contributed by atoms with Gasteiger partial charge in [-0.25, -0.2) is 27.5 Å². The summed E-state index contributed by atoms with van der Waals surface area (Å²) in [6.07, 6.45) is 3.44. The predicted octanol–water partition coefficient (Wildman–Crippen LogP) is 3.21. The van der Waals surface area contributed by atoms with Crippen molar-refractivity contribution < 1.29 is 27.3 Å². The molecule has 1 amide bonds. The van der Waals surface area contributed by atoms with E-state index in [0.717, 1.165) is 18.3 Å². The average Bonchev–Trinajstić information content (AvgIpc) is 3.05. The van der Waals surface area contributed by atoms with Crippen molar-refractivity contribution in [1.29, 1.82) is 0 Å². The molecule has 14 nitrogen and oxygen atoms in total. The van der Waals surface area contributed by atoms with Gasteiger partial charge in [0.25, 0.3) is 17.2 Å². The fraction of sp³-hybridized carbons (Fsp3) is 0.333. The van der Waals surface area contributed by atoms with Gasteiger partial charge in [-0.05, 0) is 68.0 Å². The summed E-state index contributed by atoms with van der Waals surface area (Å²) in [6.45, 7) is -0.231. The smallest absolute Gasteiger partial charge is 0.289 e. The predicted molar refractivity (Wildman–Crippen MR) is 166 cm³/mol. The number of rotatable bonds is 9. The highest BCUT2D eigenvalue weighted by atomic mass is 32.2. The Balaban J connectivity index is 1.28. The fourth-order valence-corrected chi connectivity index (χ4v) is 7.60. The Morgan fingerprint density at radius 3 is 2.67 bits per heavy atom. The number of sulfonamides is 1. The van der Waals surface area contributed by atoms with Crippen LogP contribution in [0.2, 0.25) is 0 Å². The third-order valence-corrected chi connectivity index (χ3v) is 10.1. The van der Waals surface area contributed by atoms with E-state index in [4.69, 9.17) is 4.74 Å². The number of nitro groups is 1. The van der Waals surface area contributed by atoms with Gasteiger partial charge in [0, 0.05) is 31.7 Å². The summed E-state index contributed by atoms with van der Waals surface area (Å²) in [5.41, 5.74) is -0.570. The van der Waals surface area contributed by atoms with Crippen LogP contribution in [0.15, 0.2) is 70.5 Å². The Morgan fingerprint density at radius 2 is 1.91 bits per heavy atom. The van der Waals surface area contributed by atoms with Crippen molar-refractivity contribution in [3.8, 4) is 5.75 Å². The first-order chi connectivity index (χ1) is 22.0. The van der Waals surface area contributed by atoms with Gasteiger partial charge in [0.1, 0.15) is 11.6 Å². The molecule has 1 atom stereocenters. The molecule has 240 valence electrons. The molecule has 0 saturated heterocycles. The standard InChI is InChI=1S/C30H30FN7O7S/c1-36(27-13-12-25-30(33-27)34-28(39)17-45-25)20-9-6-18(7-10-20)22(35-46(43,44)26-5-3-2-4-23(26)38(41)42)16-37-24-14-19(31)8-11-21(24)32-15-29(37)40/h2-5,8,11-15,18,20,22,35H,6-7,9-10,16-17H2,1H3,(H,33,34,39). The number of hydrogen-bond donors (Lipinski definition) is 2. The van der Waals surface area contributed by atoms with Crippen LogP contribution in [-0.2, 0) is 21.4 Å². The molecule has 0 spiro atoms. The number of aromatic nitrogens is 3. The normalized spacial score (nSPS) is 18.7. The van der Waals surface area contributed by atoms with E-state index in [9.17, 15) is 32.5 Å². The van der Waals surface area contributed by atoms with Gasteiger partial charge >= 0.3 is 0 Å². The van der Waals surface area contributed by atoms with Crippen molar-refractivity contribution in [2.24, 2.45) is 5.92 Å². The number of nitro benzene ring substituents is 1. The van der Waals surface area contributed by atoms with Gasteiger partial charge in [-0.2, -0.15) is 0 Å². The fourth-order valence-electron chi connectivity index (χ4n) is 6.13. The van der Waals surface area contributed by atoms with Crippen LogP contribution in [0.25, 0.3) is 11.0 Å². The number of benzene rings is 2. The first-order valence-corrected chi connectivity index (χ1v) is 16.1. The number of halogens is 1. The van der Waals surface area contributed by atoms with Crippen LogP contribution in [-0.4, -0.2) is 59.5 Å². The van der Waals surface area contributed by atoms with Crippen molar-refractivity contribution in [3.05, 3.63) is 87.1 Å². The molecule has 1 aliphatic carbocycles. The molecule has 2 aliphatic rings. The Kier molecular flexibility index (Phi) is 8.39. The zero-order valence-corrected chi connectivity index (χ0v) is 25.4. The number of amides is 1. The van der Waals surface area contributed by atoms with Crippen LogP contribution in [0, 0.1) is 21.8 Å². The van der Waals surface area contributed by atoms with Crippen LogP contribution in [0.4, 0.5) is 21.7 Å². The number of para-hydroxylation sites is 1. The van der Waals surface area contributed by atoms with Crippen LogP contribution in [0.1, 0.15) is 25.7 Å². The molecule has 6 rings (SSSR count). The van der Waals surface area contributed by atoms with Gasteiger partial charge in [-0.1, -0.05) is 12.1 Å². The maximum Gasteiger partial charge on any atom is 0.289 e. The van der Waals surface area contributed by atoms with Crippen molar-refractivity contribution in [2.75, 3.05) is 23.9 Å². The Bertz CT molecular complexity index is 2000. The van der Waals surface area contributed by atoms with E-state index >= 15 is 0 Å². The van der Waals surface area contributed by atoms with E-state index < -0.39 is 42.9 Å². The number of nitrogens with one attached hydrogen (secondary N) is 2. The number of nitrogens with zero attached hydrogens (tertiary/aromatic N) is 5. The number of carbonyl (C=O) groups excluding carboxylic acids is 1. The van der Waals surface area contributed by atoms with E-state index in [1.807, 2.05) is 11.9 Å². The molecule has 1 fully saturated rings. The molecule has 16 heteroatoms. The van der Waals surface area contributed by atoms with Crippen molar-refractivity contribution in [2.45, 2.75) is 49.2 Å². The second-order valence-corrected chi connectivity index (χ2v) is 13.0. The van der Waals surface area contributed by atoms with E-state index in [1.54, 1.807) is 12.1 Å². The SMILES string of the molecule is CN(c1ccc2c(n1)NC(=O)CO2)C1CCC(C(Cn2c(=O)cnc3ccc(F)cc32)NS(=O)(=O)c2ccccc2[N+](=O)[O-])CC1. The van der Waals surface area contributed by atoms with Crippen molar-refractivity contribution in [3.63, 3.8) is 0 Å². The molecule has 2 aromatic heterocycles. The van der Waals surface area contributed by atoms with E-state index in [0.29, 0.717) is 48.6 Å². The number of ether oxygens (including phenoxy) is 1. The highest BCUT2D eigenvalue weighted by Gasteiger charge is 2.35. The Morgan fingerprint density at radius 1 is 1.15 bits per heavy atom. The summed E-state index contributed by atoms with van der Waals surface area (Å²) in [6, 6.07) is 11.5. The summed E-state index contributed by atoms with van der Waals surface area (Å²) < 4.78 is 51.0. The highest BCUT2D eigenvalue weighted by molar-refractivity contribution is 7.89. The molecule has 1 aliphatic heterocycles. The number of hydrogen-bond acceptors (Lipinski definition) is 10. The average molecular weight is 652 g/mol. The summed E-state index contributed by atoms with van der Waals surface area (Å²) in [7, 11) is -2.54. The van der Waals surface area contributed by atoms with Gasteiger partial charge in [0.15, 0.2) is 23.1 Å². The minimum absolute atomic E-state index is 0.0213. The van der Waals surface area contributed by atoms with Crippen LogP contribution in [0.5, 0.6) is 5.75 Å². The second kappa shape index (κ2) is 12.4. The van der Waals surface area contributed by atoms with Gasteiger partial charge in [0.05, 0.1) is 22.2 Å². The van der Waals surface area contributed by atoms with Crippen LogP contribution >= 0.6 is 0 Å². The zero-order chi connectivity index (χ0) is 32.6. The molecule has 2 aromatic carbocycles. The molecule has 46 heavy (non-hydrogen) atoms. The molecule has 1 unspecified atom stereocenters. The van der Waals surface area contributed by atoms with Gasteiger partial charge in [-0.3, -0.25) is 19.7 Å². The van der Waals surface area contributed by atoms with E-state index in [-0.39, 0.29) is 36.5 Å². The summed E-state index contributed by atoms with van der Waals surface area (Å²) in [5, 5.41) is 14.4. The lowest BCUT2D eigenvalue weighted by atomic mass is 9.81. The number of anilines is 2. The maximum absolute atomic E-state index is 14.3. The first kappa shape index (κ1) is 31.0. The highest BCUT2D eigenvalue weighted by Crippen LogP contribution is 2.35. The van der Waals surface area contributed by atoms with Crippen LogP contribution < -0.4 is 25.2 Å². The molecule has 4 aromatic rings. The molecular weight excluding hydrogens is 621 g/mol. The van der Waals surface area contributed by atoms with E-state index in [1.165, 1.54) is 34.9 Å². The Labute approximate surface area is 262 Å². The molecule has 2 N–H and O–H groups in total. The lowest BCUT2D eigenvalue weighted by molar-refractivity contribution is -0.387. The monoisotopic (exact) mass is 651 g/mol. The zero-order valence-electron chi connectivity index (χ0n) is 24.6. The van der Waals surface area contributed by atoms with Crippen molar-refractivity contribution in [1.82, 2.24) is 19.3 Å². The van der Waals surface area contributed by atoms with Gasteiger partial charge in [-0.15, -0.1) is 0 Å². The lowest BCUT2D eigenvalue weighted by Crippen LogP contribution is -2.47. The number of pyridine rings is 1. The second-order valence-electron chi connectivity index (χ2n) is 11.3. The maximum atomic E-state index is 14.3.